The van der Waals surface area contributed by atoms with Crippen LogP contribution in [0.15, 0.2) is 0 Å². The Morgan fingerprint density at radius 1 is 1.06 bits per heavy atom. The summed E-state index contributed by atoms with van der Waals surface area (Å²) in [5, 5.41) is 3.81. The fraction of sp³-hybridized carbons (Fsp3) is 1.00. The van der Waals surface area contributed by atoms with Crippen molar-refractivity contribution >= 4 is 0 Å². The lowest BCUT2D eigenvalue weighted by atomic mass is 10.0. The summed E-state index contributed by atoms with van der Waals surface area (Å²) in [5.74, 6) is 0. The highest BCUT2D eigenvalue weighted by Gasteiger charge is 2.19. The van der Waals surface area contributed by atoms with E-state index in [1.165, 1.54) is 57.8 Å². The Bertz CT molecular complexity index is 156. The molecule has 2 nitrogen and oxygen atoms in total. The van der Waals surface area contributed by atoms with E-state index in [0.717, 1.165) is 19.3 Å². The molecule has 0 aliphatic carbocycles. The molecule has 0 radical (unpaired) electrons. The molecule has 1 saturated heterocycles. The van der Waals surface area contributed by atoms with Crippen molar-refractivity contribution in [2.45, 2.75) is 83.7 Å². The summed E-state index contributed by atoms with van der Waals surface area (Å²) < 4.78 is 5.45. The standard InChI is InChI=1S/C15H31NO/c1-3-5-7-9-14(10-8-6-4-2)16-15-11-12-17-13-15/h14-16H,3-13H2,1-2H3. The Morgan fingerprint density at radius 2 is 1.71 bits per heavy atom. The second kappa shape index (κ2) is 9.90. The van der Waals surface area contributed by atoms with E-state index in [9.17, 15) is 0 Å². The van der Waals surface area contributed by atoms with Crippen LogP contribution in [0.5, 0.6) is 0 Å². The van der Waals surface area contributed by atoms with Gasteiger partial charge < -0.3 is 10.1 Å². The molecule has 0 amide bonds. The van der Waals surface area contributed by atoms with Crippen molar-refractivity contribution in [1.82, 2.24) is 5.32 Å². The van der Waals surface area contributed by atoms with Crippen molar-refractivity contribution in [3.63, 3.8) is 0 Å². The molecule has 2 heteroatoms. The van der Waals surface area contributed by atoms with Gasteiger partial charge in [-0.25, -0.2) is 0 Å². The quantitative estimate of drug-likeness (QED) is 0.586. The van der Waals surface area contributed by atoms with Gasteiger partial charge in [0.05, 0.1) is 6.61 Å². The van der Waals surface area contributed by atoms with Gasteiger partial charge in [-0.3, -0.25) is 0 Å². The second-order valence-electron chi connectivity index (χ2n) is 5.42. The van der Waals surface area contributed by atoms with Gasteiger partial charge in [-0.05, 0) is 19.3 Å². The average Bonchev–Trinajstić information content (AvgIpc) is 2.82. The Kier molecular flexibility index (Phi) is 8.72. The molecule has 0 spiro atoms. The topological polar surface area (TPSA) is 21.3 Å². The Balaban J connectivity index is 2.18. The zero-order valence-electron chi connectivity index (χ0n) is 11.8. The van der Waals surface area contributed by atoms with Crippen molar-refractivity contribution < 1.29 is 4.74 Å². The summed E-state index contributed by atoms with van der Waals surface area (Å²) in [6.07, 6.45) is 12.1. The zero-order valence-corrected chi connectivity index (χ0v) is 11.8. The molecule has 1 unspecified atom stereocenters. The summed E-state index contributed by atoms with van der Waals surface area (Å²) in [6, 6.07) is 1.36. The lowest BCUT2D eigenvalue weighted by molar-refractivity contribution is 0.186. The molecule has 0 aromatic carbocycles. The Hall–Kier alpha value is -0.0800. The lowest BCUT2D eigenvalue weighted by Crippen LogP contribution is -2.38. The maximum Gasteiger partial charge on any atom is 0.0620 e. The van der Waals surface area contributed by atoms with Crippen molar-refractivity contribution in [3.05, 3.63) is 0 Å². The minimum Gasteiger partial charge on any atom is -0.380 e. The number of hydrogen-bond acceptors (Lipinski definition) is 2. The molecule has 1 aliphatic rings. The monoisotopic (exact) mass is 241 g/mol. The minimum absolute atomic E-state index is 0.628. The van der Waals surface area contributed by atoms with Crippen LogP contribution in [0, 0.1) is 0 Å². The third kappa shape index (κ3) is 7.05. The van der Waals surface area contributed by atoms with Crippen LogP contribution in [0.25, 0.3) is 0 Å². The van der Waals surface area contributed by atoms with Gasteiger partial charge in [-0.15, -0.1) is 0 Å². The Labute approximate surface area is 108 Å². The number of ether oxygens (including phenoxy) is 1. The SMILES string of the molecule is CCCCCC(CCCCC)NC1CCOC1. The number of nitrogens with one attached hydrogen (secondary N) is 1. The fourth-order valence-electron chi connectivity index (χ4n) is 2.59. The molecule has 102 valence electrons. The van der Waals surface area contributed by atoms with E-state index in [2.05, 4.69) is 19.2 Å². The van der Waals surface area contributed by atoms with E-state index >= 15 is 0 Å². The first-order valence-electron chi connectivity index (χ1n) is 7.70. The van der Waals surface area contributed by atoms with Gasteiger partial charge in [0.1, 0.15) is 0 Å². The van der Waals surface area contributed by atoms with Crippen molar-refractivity contribution in [2.75, 3.05) is 13.2 Å². The van der Waals surface area contributed by atoms with Gasteiger partial charge >= 0.3 is 0 Å². The van der Waals surface area contributed by atoms with Crippen LogP contribution in [0.3, 0.4) is 0 Å². The van der Waals surface area contributed by atoms with E-state index in [1.54, 1.807) is 0 Å². The van der Waals surface area contributed by atoms with E-state index < -0.39 is 0 Å². The smallest absolute Gasteiger partial charge is 0.0620 e. The van der Waals surface area contributed by atoms with Gasteiger partial charge in [-0.1, -0.05) is 52.4 Å². The highest BCUT2D eigenvalue weighted by atomic mass is 16.5. The van der Waals surface area contributed by atoms with Crippen LogP contribution in [0.1, 0.15) is 71.6 Å². The van der Waals surface area contributed by atoms with E-state index in [1.807, 2.05) is 0 Å². The molecule has 1 N–H and O–H groups in total. The summed E-state index contributed by atoms with van der Waals surface area (Å²) in [7, 11) is 0. The molecule has 1 fully saturated rings. The number of hydrogen-bond donors (Lipinski definition) is 1. The molecule has 0 saturated carbocycles. The first-order valence-corrected chi connectivity index (χ1v) is 7.70. The van der Waals surface area contributed by atoms with Crippen LogP contribution >= 0.6 is 0 Å². The second-order valence-corrected chi connectivity index (χ2v) is 5.42. The molecule has 0 bridgehead atoms. The molecule has 0 aromatic heterocycles. The first kappa shape index (κ1) is 15.0. The summed E-state index contributed by atoms with van der Waals surface area (Å²) in [4.78, 5) is 0. The highest BCUT2D eigenvalue weighted by molar-refractivity contribution is 4.77. The van der Waals surface area contributed by atoms with Gasteiger partial charge in [0, 0.05) is 18.7 Å². The Morgan fingerprint density at radius 3 is 2.18 bits per heavy atom. The van der Waals surface area contributed by atoms with Crippen LogP contribution < -0.4 is 5.32 Å². The maximum atomic E-state index is 5.45. The summed E-state index contributed by atoms with van der Waals surface area (Å²) >= 11 is 0. The molecule has 1 atom stereocenters. The normalized spacial score (nSPS) is 20.3. The van der Waals surface area contributed by atoms with E-state index in [-0.39, 0.29) is 0 Å². The van der Waals surface area contributed by atoms with Crippen LogP contribution in [0.2, 0.25) is 0 Å². The third-order valence-corrected chi connectivity index (χ3v) is 3.71. The first-order chi connectivity index (χ1) is 8.36. The predicted octanol–water partition coefficient (Wildman–Crippen LogP) is 3.89. The molecular weight excluding hydrogens is 210 g/mol. The van der Waals surface area contributed by atoms with Crippen LogP contribution in [0.4, 0.5) is 0 Å². The van der Waals surface area contributed by atoms with Gasteiger partial charge in [0.2, 0.25) is 0 Å². The molecule has 1 aliphatic heterocycles. The molecule has 1 rings (SSSR count). The van der Waals surface area contributed by atoms with Gasteiger partial charge in [0.25, 0.3) is 0 Å². The average molecular weight is 241 g/mol. The van der Waals surface area contributed by atoms with Gasteiger partial charge in [0.15, 0.2) is 0 Å². The highest BCUT2D eigenvalue weighted by Crippen LogP contribution is 2.14. The van der Waals surface area contributed by atoms with Crippen LogP contribution in [-0.4, -0.2) is 25.3 Å². The maximum absolute atomic E-state index is 5.45. The van der Waals surface area contributed by atoms with Crippen molar-refractivity contribution in [1.29, 1.82) is 0 Å². The summed E-state index contributed by atoms with van der Waals surface area (Å²) in [6.45, 7) is 6.45. The molecule has 1 heterocycles. The molecule has 17 heavy (non-hydrogen) atoms. The number of rotatable bonds is 10. The minimum atomic E-state index is 0.628. The lowest BCUT2D eigenvalue weighted by Gasteiger charge is -2.22. The summed E-state index contributed by atoms with van der Waals surface area (Å²) in [5.41, 5.74) is 0. The van der Waals surface area contributed by atoms with Crippen molar-refractivity contribution in [2.24, 2.45) is 0 Å². The zero-order chi connectivity index (χ0) is 12.3. The fourth-order valence-corrected chi connectivity index (χ4v) is 2.59. The number of unbranched alkanes of at least 4 members (excludes halogenated alkanes) is 4. The van der Waals surface area contributed by atoms with E-state index in [4.69, 9.17) is 4.74 Å². The van der Waals surface area contributed by atoms with Gasteiger partial charge in [-0.2, -0.15) is 0 Å². The molecular formula is C15H31NO. The predicted molar refractivity (Wildman–Crippen MR) is 74.4 cm³/mol. The van der Waals surface area contributed by atoms with Crippen LogP contribution in [-0.2, 0) is 4.74 Å². The van der Waals surface area contributed by atoms with Crippen molar-refractivity contribution in [3.8, 4) is 0 Å². The third-order valence-electron chi connectivity index (χ3n) is 3.71. The molecule has 0 aromatic rings. The largest absolute Gasteiger partial charge is 0.380 e. The van der Waals surface area contributed by atoms with E-state index in [0.29, 0.717) is 6.04 Å².